The van der Waals surface area contributed by atoms with Crippen molar-refractivity contribution < 1.29 is 14.3 Å². The number of hydrogen-bond donors (Lipinski definition) is 1. The van der Waals surface area contributed by atoms with Gasteiger partial charge in [-0.05, 0) is 37.8 Å². The molecule has 1 N–H and O–H groups in total. The Morgan fingerprint density at radius 3 is 2.85 bits per heavy atom. The van der Waals surface area contributed by atoms with Gasteiger partial charge >= 0.3 is 0 Å². The molecule has 2 fully saturated rings. The maximum atomic E-state index is 13.0. The molecule has 138 valence electrons. The van der Waals surface area contributed by atoms with Crippen molar-refractivity contribution in [1.82, 2.24) is 14.8 Å². The molecular weight excluding hydrogens is 374 g/mol. The Hall–Kier alpha value is -1.57. The SMILES string of the molecule is O=C(CN1CC2(CC2)n2c(cc3sc(Cl)cc32)C1=O)NC1CCOCC1. The van der Waals surface area contributed by atoms with Crippen LogP contribution >= 0.6 is 22.9 Å². The first-order chi connectivity index (χ1) is 12.6. The third kappa shape index (κ3) is 2.64. The molecule has 1 saturated heterocycles. The second-order valence-corrected chi connectivity index (χ2v) is 9.22. The van der Waals surface area contributed by atoms with E-state index in [-0.39, 0.29) is 29.9 Å². The van der Waals surface area contributed by atoms with E-state index in [1.165, 1.54) is 11.3 Å². The van der Waals surface area contributed by atoms with Crippen LogP contribution in [-0.4, -0.2) is 53.6 Å². The van der Waals surface area contributed by atoms with Crippen LogP contribution in [0.4, 0.5) is 0 Å². The summed E-state index contributed by atoms with van der Waals surface area (Å²) in [6, 6.07) is 4.03. The number of nitrogens with one attached hydrogen (secondary N) is 1. The average Bonchev–Trinajstić information content (AvgIpc) is 3.14. The fourth-order valence-corrected chi connectivity index (χ4v) is 5.39. The first-order valence-corrected chi connectivity index (χ1v) is 10.2. The number of aromatic nitrogens is 1. The Bertz CT molecular complexity index is 895. The van der Waals surface area contributed by atoms with Gasteiger partial charge in [0, 0.05) is 25.8 Å². The smallest absolute Gasteiger partial charge is 0.271 e. The number of amides is 2. The number of fused-ring (bicyclic) bond motifs is 4. The highest BCUT2D eigenvalue weighted by Crippen LogP contribution is 2.51. The predicted molar refractivity (Wildman–Crippen MR) is 99.9 cm³/mol. The van der Waals surface area contributed by atoms with E-state index in [2.05, 4.69) is 9.88 Å². The van der Waals surface area contributed by atoms with Gasteiger partial charge in [0.25, 0.3) is 5.91 Å². The van der Waals surface area contributed by atoms with E-state index in [1.54, 1.807) is 4.90 Å². The lowest BCUT2D eigenvalue weighted by molar-refractivity contribution is -0.123. The summed E-state index contributed by atoms with van der Waals surface area (Å²) in [6.07, 6.45) is 3.73. The minimum absolute atomic E-state index is 0.0612. The Kier molecular flexibility index (Phi) is 3.81. The van der Waals surface area contributed by atoms with E-state index in [1.807, 2.05) is 12.1 Å². The average molecular weight is 394 g/mol. The van der Waals surface area contributed by atoms with E-state index < -0.39 is 0 Å². The van der Waals surface area contributed by atoms with Crippen molar-refractivity contribution in [3.63, 3.8) is 0 Å². The van der Waals surface area contributed by atoms with Crippen molar-refractivity contribution >= 4 is 45.0 Å². The molecule has 0 radical (unpaired) electrons. The van der Waals surface area contributed by atoms with Crippen molar-refractivity contribution in [2.75, 3.05) is 26.3 Å². The summed E-state index contributed by atoms with van der Waals surface area (Å²) < 4.78 is 9.27. The molecule has 2 aromatic rings. The molecule has 0 aromatic carbocycles. The minimum atomic E-state index is -0.0779. The van der Waals surface area contributed by atoms with Gasteiger partial charge in [-0.3, -0.25) is 9.59 Å². The molecule has 2 aliphatic heterocycles. The van der Waals surface area contributed by atoms with E-state index in [9.17, 15) is 9.59 Å². The van der Waals surface area contributed by atoms with Crippen molar-refractivity contribution in [2.45, 2.75) is 37.3 Å². The predicted octanol–water partition coefficient (Wildman–Crippen LogP) is 2.60. The van der Waals surface area contributed by atoms with E-state index >= 15 is 0 Å². The molecule has 1 spiro atoms. The molecule has 26 heavy (non-hydrogen) atoms. The zero-order valence-corrected chi connectivity index (χ0v) is 15.9. The second kappa shape index (κ2) is 5.97. The van der Waals surface area contributed by atoms with Gasteiger partial charge in [0.1, 0.15) is 5.69 Å². The molecule has 0 atom stereocenters. The molecule has 1 saturated carbocycles. The highest BCUT2D eigenvalue weighted by molar-refractivity contribution is 7.22. The number of halogens is 1. The molecule has 0 bridgehead atoms. The summed E-state index contributed by atoms with van der Waals surface area (Å²) in [5.74, 6) is -0.143. The molecule has 1 aliphatic carbocycles. The zero-order chi connectivity index (χ0) is 17.9. The number of carbonyl (C=O) groups is 2. The molecule has 3 aliphatic rings. The van der Waals surface area contributed by atoms with Gasteiger partial charge < -0.3 is 19.5 Å². The van der Waals surface area contributed by atoms with Crippen molar-refractivity contribution in [3.05, 3.63) is 22.2 Å². The molecule has 2 amide bonds. The number of thiophene rings is 1. The second-order valence-electron chi connectivity index (χ2n) is 7.50. The van der Waals surface area contributed by atoms with Crippen LogP contribution in [0, 0.1) is 0 Å². The third-order valence-corrected chi connectivity index (χ3v) is 6.87. The van der Waals surface area contributed by atoms with Crippen LogP contribution in [0.2, 0.25) is 4.34 Å². The van der Waals surface area contributed by atoms with Crippen molar-refractivity contribution in [1.29, 1.82) is 0 Å². The summed E-state index contributed by atoms with van der Waals surface area (Å²) in [6.45, 7) is 2.09. The van der Waals surface area contributed by atoms with Crippen LogP contribution in [0.3, 0.4) is 0 Å². The zero-order valence-electron chi connectivity index (χ0n) is 14.3. The normalized spacial score (nSPS) is 22.0. The first-order valence-electron chi connectivity index (χ1n) is 9.03. The number of rotatable bonds is 3. The van der Waals surface area contributed by atoms with Gasteiger partial charge in [0.15, 0.2) is 0 Å². The van der Waals surface area contributed by atoms with Crippen LogP contribution in [0.1, 0.15) is 36.2 Å². The summed E-state index contributed by atoms with van der Waals surface area (Å²) in [5, 5.41) is 3.05. The third-order valence-electron chi connectivity index (χ3n) is 5.67. The van der Waals surface area contributed by atoms with Crippen LogP contribution in [0.15, 0.2) is 12.1 Å². The van der Waals surface area contributed by atoms with E-state index in [0.29, 0.717) is 25.5 Å². The van der Waals surface area contributed by atoms with Crippen molar-refractivity contribution in [3.8, 4) is 0 Å². The number of ether oxygens (including phenoxy) is 1. The highest BCUT2D eigenvalue weighted by atomic mass is 35.5. The maximum Gasteiger partial charge on any atom is 0.271 e. The van der Waals surface area contributed by atoms with Crippen molar-refractivity contribution in [2.24, 2.45) is 0 Å². The molecule has 0 unspecified atom stereocenters. The monoisotopic (exact) mass is 393 g/mol. The van der Waals surface area contributed by atoms with Crippen LogP contribution < -0.4 is 5.32 Å². The molecule has 6 nitrogen and oxygen atoms in total. The highest BCUT2D eigenvalue weighted by Gasteiger charge is 2.52. The van der Waals surface area contributed by atoms with E-state index in [0.717, 1.165) is 40.2 Å². The van der Waals surface area contributed by atoms with Gasteiger partial charge in [-0.25, -0.2) is 0 Å². The topological polar surface area (TPSA) is 63.6 Å². The maximum absolute atomic E-state index is 13.0. The number of carbonyl (C=O) groups excluding carboxylic acids is 2. The molecule has 5 rings (SSSR count). The summed E-state index contributed by atoms with van der Waals surface area (Å²) in [5.41, 5.74) is 1.67. The first kappa shape index (κ1) is 16.6. The van der Waals surface area contributed by atoms with Gasteiger partial charge in [-0.2, -0.15) is 0 Å². The van der Waals surface area contributed by atoms with E-state index in [4.69, 9.17) is 16.3 Å². The Morgan fingerprint density at radius 1 is 1.35 bits per heavy atom. The summed E-state index contributed by atoms with van der Waals surface area (Å²) in [4.78, 5) is 27.2. The molecular formula is C18H20ClN3O3S. The molecule has 8 heteroatoms. The van der Waals surface area contributed by atoms with Crippen LogP contribution in [0.5, 0.6) is 0 Å². The molecule has 2 aromatic heterocycles. The lowest BCUT2D eigenvalue weighted by atomic mass is 10.1. The largest absolute Gasteiger partial charge is 0.381 e. The van der Waals surface area contributed by atoms with Crippen LogP contribution in [-0.2, 0) is 15.1 Å². The Labute approximate surface area is 160 Å². The lowest BCUT2D eigenvalue weighted by Crippen LogP contribution is -2.51. The molecule has 4 heterocycles. The summed E-state index contributed by atoms with van der Waals surface area (Å²) >= 11 is 7.65. The minimum Gasteiger partial charge on any atom is -0.381 e. The van der Waals surface area contributed by atoms with Gasteiger partial charge in [-0.1, -0.05) is 11.6 Å². The fourth-order valence-electron chi connectivity index (χ4n) is 4.23. The van der Waals surface area contributed by atoms with Crippen LogP contribution in [0.25, 0.3) is 10.2 Å². The van der Waals surface area contributed by atoms with Gasteiger partial charge in [0.2, 0.25) is 5.91 Å². The van der Waals surface area contributed by atoms with Gasteiger partial charge in [-0.15, -0.1) is 11.3 Å². The Morgan fingerprint density at radius 2 is 2.12 bits per heavy atom. The summed E-state index contributed by atoms with van der Waals surface area (Å²) in [7, 11) is 0. The number of hydrogen-bond acceptors (Lipinski definition) is 4. The lowest BCUT2D eigenvalue weighted by Gasteiger charge is -2.35. The number of nitrogens with zero attached hydrogens (tertiary/aromatic N) is 2. The standard InChI is InChI=1S/C18H20ClN3O3S/c19-15-8-12-14(26-15)7-13-17(24)21(10-18(3-4-18)22(12)13)9-16(23)20-11-1-5-25-6-2-11/h7-8,11H,1-6,9-10H2,(H,20,23). The Balaban J connectivity index is 1.37. The van der Waals surface area contributed by atoms with Gasteiger partial charge in [0.05, 0.1) is 26.6 Å². The quantitative estimate of drug-likeness (QED) is 0.871. The fraction of sp³-hybridized carbons (Fsp3) is 0.556.